The van der Waals surface area contributed by atoms with Gasteiger partial charge in [-0.15, -0.1) is 0 Å². The maximum absolute atomic E-state index is 11.0. The zero-order valence-corrected chi connectivity index (χ0v) is 10.1. The predicted octanol–water partition coefficient (Wildman–Crippen LogP) is 2.53. The van der Waals surface area contributed by atoms with Gasteiger partial charge in [-0.3, -0.25) is 9.59 Å². The molecule has 0 aliphatic heterocycles. The van der Waals surface area contributed by atoms with Gasteiger partial charge >= 0.3 is 5.97 Å². The van der Waals surface area contributed by atoms with Gasteiger partial charge in [-0.1, -0.05) is 35.9 Å². The Morgan fingerprint density at radius 2 is 1.88 bits per heavy atom. The number of Topliss-reactive ketones (excluding diaryl/α,β-unsaturated/α-hetero) is 1. The van der Waals surface area contributed by atoms with E-state index in [2.05, 4.69) is 0 Å². The lowest BCUT2D eigenvalue weighted by atomic mass is 10.1. The monoisotopic (exact) mass is 232 g/mol. The van der Waals surface area contributed by atoms with Gasteiger partial charge in [-0.2, -0.15) is 0 Å². The Kier molecular flexibility index (Phi) is 5.14. The summed E-state index contributed by atoms with van der Waals surface area (Å²) in [6, 6.07) is 8.01. The number of esters is 1. The van der Waals surface area contributed by atoms with Crippen LogP contribution in [0.25, 0.3) is 6.08 Å². The zero-order valence-electron chi connectivity index (χ0n) is 10.1. The fourth-order valence-electron chi connectivity index (χ4n) is 1.26. The van der Waals surface area contributed by atoms with Crippen LogP contribution in [-0.4, -0.2) is 18.4 Å². The molecule has 3 heteroatoms. The average molecular weight is 232 g/mol. The highest BCUT2D eigenvalue weighted by Gasteiger charge is 2.04. The lowest BCUT2D eigenvalue weighted by Crippen LogP contribution is -2.08. The first-order valence-corrected chi connectivity index (χ1v) is 5.46. The summed E-state index contributed by atoms with van der Waals surface area (Å²) < 4.78 is 4.85. The third kappa shape index (κ3) is 5.66. The van der Waals surface area contributed by atoms with Crippen LogP contribution in [0.15, 0.2) is 30.3 Å². The third-order valence-corrected chi connectivity index (χ3v) is 2.12. The lowest BCUT2D eigenvalue weighted by molar-refractivity contribution is -0.144. The Balaban J connectivity index is 2.33. The van der Waals surface area contributed by atoms with Gasteiger partial charge in [0.15, 0.2) is 0 Å². The summed E-state index contributed by atoms with van der Waals surface area (Å²) in [5.41, 5.74) is 2.26. The van der Waals surface area contributed by atoms with Crippen LogP contribution in [0.2, 0.25) is 0 Å². The van der Waals surface area contributed by atoms with Gasteiger partial charge in [0.25, 0.3) is 0 Å². The number of ketones is 1. The first-order valence-electron chi connectivity index (χ1n) is 5.46. The van der Waals surface area contributed by atoms with Crippen LogP contribution in [0.3, 0.4) is 0 Å². The van der Waals surface area contributed by atoms with E-state index in [-0.39, 0.29) is 18.8 Å². The maximum Gasteiger partial charge on any atom is 0.313 e. The maximum atomic E-state index is 11.0. The van der Waals surface area contributed by atoms with Crippen molar-refractivity contribution in [3.8, 4) is 0 Å². The molecule has 0 saturated carbocycles. The Bertz CT molecular complexity index is 416. The minimum Gasteiger partial charge on any atom is -0.461 e. The van der Waals surface area contributed by atoms with Crippen LogP contribution in [0.1, 0.15) is 24.5 Å². The van der Waals surface area contributed by atoms with Gasteiger partial charge < -0.3 is 4.74 Å². The summed E-state index contributed by atoms with van der Waals surface area (Å²) in [6.07, 6.45) is 3.47. The van der Waals surface area contributed by atoms with E-state index in [4.69, 9.17) is 4.74 Å². The molecular weight excluding hydrogens is 216 g/mol. The Morgan fingerprint density at radius 1 is 1.24 bits per heavy atom. The molecule has 17 heavy (non-hydrogen) atoms. The van der Waals surface area contributed by atoms with E-state index in [1.807, 2.05) is 37.3 Å². The van der Waals surface area contributed by atoms with Crippen LogP contribution in [-0.2, 0) is 14.3 Å². The number of ether oxygens (including phenoxy) is 1. The van der Waals surface area contributed by atoms with Crippen LogP contribution < -0.4 is 0 Å². The molecule has 1 aromatic rings. The average Bonchev–Trinajstić information content (AvgIpc) is 2.26. The van der Waals surface area contributed by atoms with Crippen molar-refractivity contribution in [1.29, 1.82) is 0 Å². The van der Waals surface area contributed by atoms with Gasteiger partial charge in [0, 0.05) is 0 Å². The first kappa shape index (κ1) is 13.2. The summed E-state index contributed by atoms with van der Waals surface area (Å²) in [5.74, 6) is -0.663. The van der Waals surface area contributed by atoms with E-state index in [0.717, 1.165) is 5.56 Å². The molecule has 0 amide bonds. The van der Waals surface area contributed by atoms with E-state index >= 15 is 0 Å². The minimum atomic E-state index is -0.481. The van der Waals surface area contributed by atoms with E-state index in [1.54, 1.807) is 6.08 Å². The standard InChI is InChI=1S/C14H16O3/c1-11-5-7-13(8-6-11)4-3-9-17-14(16)10-12(2)15/h3-8H,9-10H2,1-2H3. The summed E-state index contributed by atoms with van der Waals surface area (Å²) in [7, 11) is 0. The van der Waals surface area contributed by atoms with Crippen molar-refractivity contribution in [3.63, 3.8) is 0 Å². The second kappa shape index (κ2) is 6.63. The third-order valence-electron chi connectivity index (χ3n) is 2.12. The highest BCUT2D eigenvalue weighted by molar-refractivity contribution is 5.94. The predicted molar refractivity (Wildman–Crippen MR) is 66.5 cm³/mol. The fourth-order valence-corrected chi connectivity index (χ4v) is 1.26. The largest absolute Gasteiger partial charge is 0.461 e. The van der Waals surface area contributed by atoms with Crippen molar-refractivity contribution >= 4 is 17.8 Å². The number of carbonyl (C=O) groups excluding carboxylic acids is 2. The highest BCUT2D eigenvalue weighted by Crippen LogP contribution is 2.04. The molecule has 90 valence electrons. The van der Waals surface area contributed by atoms with Crippen molar-refractivity contribution in [3.05, 3.63) is 41.5 Å². The van der Waals surface area contributed by atoms with Gasteiger partial charge in [-0.05, 0) is 25.5 Å². The molecule has 3 nitrogen and oxygen atoms in total. The molecule has 0 N–H and O–H groups in total. The molecule has 0 unspecified atom stereocenters. The quantitative estimate of drug-likeness (QED) is 0.578. The summed E-state index contributed by atoms with van der Waals surface area (Å²) in [6.45, 7) is 3.58. The van der Waals surface area contributed by atoms with Crippen LogP contribution >= 0.6 is 0 Å². The number of carbonyl (C=O) groups is 2. The SMILES string of the molecule is CC(=O)CC(=O)OCC=Cc1ccc(C)cc1. The first-order chi connectivity index (χ1) is 8.08. The molecule has 0 aliphatic carbocycles. The molecule has 0 aliphatic rings. The molecule has 1 aromatic carbocycles. The lowest BCUT2D eigenvalue weighted by Gasteiger charge is -1.99. The van der Waals surface area contributed by atoms with Crippen LogP contribution in [0.5, 0.6) is 0 Å². The van der Waals surface area contributed by atoms with Gasteiger partial charge in [0.1, 0.15) is 18.8 Å². The van der Waals surface area contributed by atoms with Crippen molar-refractivity contribution in [2.45, 2.75) is 20.3 Å². The second-order valence-corrected chi connectivity index (χ2v) is 3.87. The molecular formula is C14H16O3. The van der Waals surface area contributed by atoms with E-state index in [0.29, 0.717) is 0 Å². The number of aryl methyl sites for hydroxylation is 1. The normalized spacial score (nSPS) is 10.5. The van der Waals surface area contributed by atoms with Gasteiger partial charge in [-0.25, -0.2) is 0 Å². The smallest absolute Gasteiger partial charge is 0.313 e. The molecule has 0 radical (unpaired) electrons. The number of benzene rings is 1. The molecule has 0 spiro atoms. The second-order valence-electron chi connectivity index (χ2n) is 3.87. The molecule has 0 atom stereocenters. The minimum absolute atomic E-state index is 0.154. The summed E-state index contributed by atoms with van der Waals surface area (Å²) in [5, 5.41) is 0. The fraction of sp³-hybridized carbons (Fsp3) is 0.286. The molecule has 0 saturated heterocycles. The molecule has 0 fully saturated rings. The number of hydrogen-bond acceptors (Lipinski definition) is 3. The highest BCUT2D eigenvalue weighted by atomic mass is 16.5. The van der Waals surface area contributed by atoms with Gasteiger partial charge in [0.05, 0.1) is 0 Å². The Morgan fingerprint density at radius 3 is 2.47 bits per heavy atom. The van der Waals surface area contributed by atoms with Gasteiger partial charge in [0.2, 0.25) is 0 Å². The van der Waals surface area contributed by atoms with Crippen molar-refractivity contribution in [1.82, 2.24) is 0 Å². The van der Waals surface area contributed by atoms with Crippen molar-refractivity contribution < 1.29 is 14.3 Å². The number of hydrogen-bond donors (Lipinski definition) is 0. The van der Waals surface area contributed by atoms with E-state index in [1.165, 1.54) is 12.5 Å². The number of rotatable bonds is 5. The van der Waals surface area contributed by atoms with Crippen molar-refractivity contribution in [2.75, 3.05) is 6.61 Å². The molecule has 1 rings (SSSR count). The summed E-state index contributed by atoms with van der Waals surface area (Å²) in [4.78, 5) is 21.7. The van der Waals surface area contributed by atoms with Crippen LogP contribution in [0.4, 0.5) is 0 Å². The molecule has 0 heterocycles. The van der Waals surface area contributed by atoms with E-state index < -0.39 is 5.97 Å². The zero-order chi connectivity index (χ0) is 12.7. The summed E-state index contributed by atoms with van der Waals surface area (Å²) >= 11 is 0. The van der Waals surface area contributed by atoms with Crippen molar-refractivity contribution in [2.24, 2.45) is 0 Å². The Labute approximate surface area is 101 Å². The molecule has 0 bridgehead atoms. The topological polar surface area (TPSA) is 43.4 Å². The Hall–Kier alpha value is -1.90. The molecule has 0 aromatic heterocycles. The van der Waals surface area contributed by atoms with E-state index in [9.17, 15) is 9.59 Å². The van der Waals surface area contributed by atoms with Crippen LogP contribution in [0, 0.1) is 6.92 Å².